The maximum Gasteiger partial charge on any atom is 0.374 e. The van der Waals surface area contributed by atoms with Crippen LogP contribution in [0.2, 0.25) is 0 Å². The van der Waals surface area contributed by atoms with Gasteiger partial charge < -0.3 is 13.9 Å². The average Bonchev–Trinajstić information content (AvgIpc) is 3.25. The van der Waals surface area contributed by atoms with Crippen molar-refractivity contribution in [3.63, 3.8) is 0 Å². The molecule has 1 aliphatic carbocycles. The SMILES string of the molecule is CC1(C)[C@@H]2OCCC[C@@H]2[C@@H]1OC(=O)c1ccc(Cn2cccn2)o1. The van der Waals surface area contributed by atoms with Crippen LogP contribution in [0.3, 0.4) is 0 Å². The van der Waals surface area contributed by atoms with Crippen LogP contribution in [-0.4, -0.2) is 34.6 Å². The second-order valence-electron chi connectivity index (χ2n) is 7.21. The fourth-order valence-electron chi connectivity index (χ4n) is 4.01. The Hall–Kier alpha value is -2.08. The number of carbonyl (C=O) groups excluding carboxylic acids is 1. The molecule has 1 aliphatic heterocycles. The topological polar surface area (TPSA) is 66.5 Å². The van der Waals surface area contributed by atoms with Gasteiger partial charge >= 0.3 is 5.97 Å². The molecule has 2 aromatic rings. The zero-order valence-corrected chi connectivity index (χ0v) is 14.0. The Labute approximate surface area is 140 Å². The van der Waals surface area contributed by atoms with Crippen LogP contribution < -0.4 is 0 Å². The van der Waals surface area contributed by atoms with E-state index in [1.54, 1.807) is 23.0 Å². The lowest BCUT2D eigenvalue weighted by atomic mass is 9.57. The molecule has 3 atom stereocenters. The largest absolute Gasteiger partial charge is 0.455 e. The van der Waals surface area contributed by atoms with Crippen LogP contribution in [0.25, 0.3) is 0 Å². The minimum atomic E-state index is -0.399. The number of rotatable bonds is 4. The standard InChI is InChI=1S/C18H22N2O4/c1-18(2)15-13(5-3-10-22-15)16(18)24-17(21)14-7-6-12(23-14)11-20-9-4-8-19-20/h4,6-9,13,15-16H,3,5,10-11H2,1-2H3/t13-,15+,16-/m0/s1. The Balaban J connectivity index is 1.42. The molecule has 0 aromatic carbocycles. The monoisotopic (exact) mass is 330 g/mol. The third-order valence-electron chi connectivity index (χ3n) is 5.20. The van der Waals surface area contributed by atoms with Crippen LogP contribution >= 0.6 is 0 Å². The van der Waals surface area contributed by atoms with Gasteiger partial charge in [-0.15, -0.1) is 0 Å². The second kappa shape index (κ2) is 5.77. The van der Waals surface area contributed by atoms with Crippen LogP contribution in [-0.2, 0) is 16.0 Å². The molecule has 3 heterocycles. The van der Waals surface area contributed by atoms with Gasteiger partial charge in [0.05, 0.1) is 12.6 Å². The Bertz CT molecular complexity index is 719. The number of nitrogens with zero attached hydrogens (tertiary/aromatic N) is 2. The van der Waals surface area contributed by atoms with E-state index in [-0.39, 0.29) is 23.4 Å². The van der Waals surface area contributed by atoms with Crippen molar-refractivity contribution >= 4 is 5.97 Å². The first-order valence-electron chi connectivity index (χ1n) is 8.44. The fourth-order valence-corrected chi connectivity index (χ4v) is 4.01. The third-order valence-corrected chi connectivity index (χ3v) is 5.20. The van der Waals surface area contributed by atoms with Gasteiger partial charge in [-0.3, -0.25) is 4.68 Å². The molecule has 1 saturated carbocycles. The molecular weight excluding hydrogens is 308 g/mol. The molecule has 0 amide bonds. The molecule has 2 aliphatic rings. The number of aromatic nitrogens is 2. The molecule has 128 valence electrons. The molecule has 0 unspecified atom stereocenters. The van der Waals surface area contributed by atoms with Crippen molar-refractivity contribution < 1.29 is 18.7 Å². The minimum absolute atomic E-state index is 0.116. The van der Waals surface area contributed by atoms with Gasteiger partial charge in [-0.1, -0.05) is 13.8 Å². The van der Waals surface area contributed by atoms with Crippen LogP contribution in [0, 0.1) is 11.3 Å². The highest BCUT2D eigenvalue weighted by atomic mass is 16.6. The maximum atomic E-state index is 12.4. The number of carbonyl (C=O) groups is 1. The van der Waals surface area contributed by atoms with E-state index in [1.165, 1.54) is 0 Å². The summed E-state index contributed by atoms with van der Waals surface area (Å²) in [6.45, 7) is 5.50. The Morgan fingerprint density at radius 3 is 3.12 bits per heavy atom. The predicted molar refractivity (Wildman–Crippen MR) is 85.5 cm³/mol. The fraction of sp³-hybridized carbons (Fsp3) is 0.556. The van der Waals surface area contributed by atoms with Crippen molar-refractivity contribution in [3.8, 4) is 0 Å². The Morgan fingerprint density at radius 1 is 1.46 bits per heavy atom. The van der Waals surface area contributed by atoms with Gasteiger partial charge in [-0.25, -0.2) is 4.79 Å². The van der Waals surface area contributed by atoms with Gasteiger partial charge in [0.2, 0.25) is 5.76 Å². The van der Waals surface area contributed by atoms with Crippen molar-refractivity contribution in [2.75, 3.05) is 6.61 Å². The predicted octanol–water partition coefficient (Wildman–Crippen LogP) is 2.88. The van der Waals surface area contributed by atoms with E-state index < -0.39 is 5.97 Å². The summed E-state index contributed by atoms with van der Waals surface area (Å²) < 4.78 is 19.0. The summed E-state index contributed by atoms with van der Waals surface area (Å²) in [5.41, 5.74) is -0.148. The lowest BCUT2D eigenvalue weighted by Crippen LogP contribution is -2.65. The normalized spacial score (nSPS) is 28.0. The molecule has 6 heteroatoms. The van der Waals surface area contributed by atoms with Crippen molar-refractivity contribution in [3.05, 3.63) is 42.1 Å². The molecular formula is C18H22N2O4. The Kier molecular flexibility index (Phi) is 3.72. The van der Waals surface area contributed by atoms with Crippen LogP contribution in [0.4, 0.5) is 0 Å². The van der Waals surface area contributed by atoms with Gasteiger partial charge in [0.25, 0.3) is 0 Å². The number of furan rings is 1. The number of hydrogen-bond donors (Lipinski definition) is 0. The van der Waals surface area contributed by atoms with Crippen LogP contribution in [0.5, 0.6) is 0 Å². The number of fused-ring (bicyclic) bond motifs is 1. The summed E-state index contributed by atoms with van der Waals surface area (Å²) in [7, 11) is 0. The summed E-state index contributed by atoms with van der Waals surface area (Å²) in [5, 5.41) is 4.13. The number of esters is 1. The van der Waals surface area contributed by atoms with Crippen LogP contribution in [0.15, 0.2) is 35.0 Å². The molecule has 6 nitrogen and oxygen atoms in total. The molecule has 24 heavy (non-hydrogen) atoms. The highest BCUT2D eigenvalue weighted by molar-refractivity contribution is 5.86. The van der Waals surface area contributed by atoms with Crippen molar-refractivity contribution in [2.45, 2.75) is 45.4 Å². The summed E-state index contributed by atoms with van der Waals surface area (Å²) in [6, 6.07) is 5.30. The highest BCUT2D eigenvalue weighted by Gasteiger charge is 2.60. The van der Waals surface area contributed by atoms with E-state index in [2.05, 4.69) is 18.9 Å². The van der Waals surface area contributed by atoms with Gasteiger partial charge in [0.15, 0.2) is 0 Å². The maximum absolute atomic E-state index is 12.4. The van der Waals surface area contributed by atoms with E-state index in [1.807, 2.05) is 12.3 Å². The van der Waals surface area contributed by atoms with E-state index in [9.17, 15) is 4.79 Å². The summed E-state index contributed by atoms with van der Waals surface area (Å²) >= 11 is 0. The highest BCUT2D eigenvalue weighted by Crippen LogP contribution is 2.53. The number of hydrogen-bond acceptors (Lipinski definition) is 5. The summed E-state index contributed by atoms with van der Waals surface area (Å²) in [4.78, 5) is 12.4. The molecule has 2 aromatic heterocycles. The van der Waals surface area contributed by atoms with Gasteiger partial charge in [-0.2, -0.15) is 5.10 Å². The second-order valence-corrected chi connectivity index (χ2v) is 7.21. The van der Waals surface area contributed by atoms with Crippen molar-refractivity contribution in [1.29, 1.82) is 0 Å². The summed E-state index contributed by atoms with van der Waals surface area (Å²) in [6.07, 6.45) is 5.71. The zero-order chi connectivity index (χ0) is 16.7. The molecule has 1 saturated heterocycles. The zero-order valence-electron chi connectivity index (χ0n) is 14.0. The molecule has 0 spiro atoms. The van der Waals surface area contributed by atoms with Crippen LogP contribution in [0.1, 0.15) is 43.0 Å². The molecule has 0 radical (unpaired) electrons. The molecule has 0 bridgehead atoms. The van der Waals surface area contributed by atoms with Gasteiger partial charge in [0, 0.05) is 30.3 Å². The number of ether oxygens (including phenoxy) is 2. The molecule has 2 fully saturated rings. The smallest absolute Gasteiger partial charge is 0.374 e. The first-order valence-corrected chi connectivity index (χ1v) is 8.44. The van der Waals surface area contributed by atoms with E-state index in [4.69, 9.17) is 13.9 Å². The van der Waals surface area contributed by atoms with Gasteiger partial charge in [0.1, 0.15) is 11.9 Å². The minimum Gasteiger partial charge on any atom is -0.455 e. The van der Waals surface area contributed by atoms with Crippen molar-refractivity contribution in [2.24, 2.45) is 11.3 Å². The van der Waals surface area contributed by atoms with Gasteiger partial charge in [-0.05, 0) is 31.0 Å². The Morgan fingerprint density at radius 2 is 2.33 bits per heavy atom. The molecule has 0 N–H and O–H groups in total. The van der Waals surface area contributed by atoms with E-state index in [0.29, 0.717) is 18.2 Å². The van der Waals surface area contributed by atoms with E-state index >= 15 is 0 Å². The first-order chi connectivity index (χ1) is 11.6. The quantitative estimate of drug-likeness (QED) is 0.807. The summed E-state index contributed by atoms with van der Waals surface area (Å²) in [5.74, 6) is 0.825. The molecule has 4 rings (SSSR count). The third kappa shape index (κ3) is 2.55. The average molecular weight is 330 g/mol. The van der Waals surface area contributed by atoms with Crippen molar-refractivity contribution in [1.82, 2.24) is 9.78 Å². The lowest BCUT2D eigenvalue weighted by Gasteiger charge is -2.58. The first kappa shape index (κ1) is 15.4. The van der Waals surface area contributed by atoms with E-state index in [0.717, 1.165) is 19.4 Å². The lowest BCUT2D eigenvalue weighted by molar-refractivity contribution is -0.243.